The lowest BCUT2D eigenvalue weighted by Gasteiger charge is -2.10. The van der Waals surface area contributed by atoms with Crippen LogP contribution in [-0.4, -0.2) is 25.8 Å². The van der Waals surface area contributed by atoms with E-state index in [9.17, 15) is 14.9 Å². The number of nitrogens with zero attached hydrogens (tertiary/aromatic N) is 4. The first-order valence-electron chi connectivity index (χ1n) is 7.85. The van der Waals surface area contributed by atoms with Gasteiger partial charge >= 0.3 is 5.69 Å². The smallest absolute Gasteiger partial charge is 0.319 e. The fourth-order valence-electron chi connectivity index (χ4n) is 2.19. The highest BCUT2D eigenvalue weighted by molar-refractivity contribution is 5.95. The zero-order valence-electron chi connectivity index (χ0n) is 14.2. The van der Waals surface area contributed by atoms with Crippen LogP contribution in [-0.2, 0) is 0 Å². The van der Waals surface area contributed by atoms with Gasteiger partial charge in [0.25, 0.3) is 5.91 Å². The molecule has 1 aromatic carbocycles. The number of hydrazine groups is 1. The summed E-state index contributed by atoms with van der Waals surface area (Å²) in [6, 6.07) is 12.0. The summed E-state index contributed by atoms with van der Waals surface area (Å²) in [4.78, 5) is 34.8. The lowest BCUT2D eigenvalue weighted by Crippen LogP contribution is -2.30. The SMILES string of the molecule is Cc1ccc(C(=O)NNc2ncnc(Nc3ccccn3)c2[N+](=O)[O-])cc1. The van der Waals surface area contributed by atoms with E-state index in [1.54, 1.807) is 42.5 Å². The topological polar surface area (TPSA) is 135 Å². The number of aryl methyl sites for hydroxylation is 1. The lowest BCUT2D eigenvalue weighted by molar-refractivity contribution is -0.383. The number of nitro groups is 1. The third kappa shape index (κ3) is 4.31. The zero-order chi connectivity index (χ0) is 19.2. The van der Waals surface area contributed by atoms with Crippen molar-refractivity contribution in [1.82, 2.24) is 20.4 Å². The van der Waals surface area contributed by atoms with E-state index < -0.39 is 16.5 Å². The van der Waals surface area contributed by atoms with Crippen LogP contribution in [0.3, 0.4) is 0 Å². The number of rotatable bonds is 6. The molecule has 10 heteroatoms. The molecule has 0 aliphatic heterocycles. The van der Waals surface area contributed by atoms with Crippen LogP contribution < -0.4 is 16.2 Å². The molecule has 0 atom stereocenters. The third-order valence-electron chi connectivity index (χ3n) is 3.52. The van der Waals surface area contributed by atoms with Gasteiger partial charge in [0.1, 0.15) is 12.1 Å². The molecule has 3 rings (SSSR count). The normalized spacial score (nSPS) is 10.1. The Hall–Kier alpha value is -4.08. The van der Waals surface area contributed by atoms with Gasteiger partial charge in [0.05, 0.1) is 4.92 Å². The molecule has 1 amide bonds. The first kappa shape index (κ1) is 17.7. The van der Waals surface area contributed by atoms with Crippen LogP contribution in [0.4, 0.5) is 23.1 Å². The Morgan fingerprint density at radius 3 is 2.44 bits per heavy atom. The second-order valence-corrected chi connectivity index (χ2v) is 5.46. The molecule has 0 saturated heterocycles. The predicted molar refractivity (Wildman–Crippen MR) is 98.5 cm³/mol. The van der Waals surface area contributed by atoms with E-state index in [1.807, 2.05) is 6.92 Å². The molecule has 0 aliphatic carbocycles. The molecule has 0 bridgehead atoms. The van der Waals surface area contributed by atoms with E-state index in [2.05, 4.69) is 31.1 Å². The minimum absolute atomic E-state index is 0.0548. The second-order valence-electron chi connectivity index (χ2n) is 5.46. The molecular weight excluding hydrogens is 350 g/mol. The summed E-state index contributed by atoms with van der Waals surface area (Å²) in [7, 11) is 0. The van der Waals surface area contributed by atoms with Gasteiger partial charge in [0, 0.05) is 11.8 Å². The van der Waals surface area contributed by atoms with Crippen molar-refractivity contribution in [3.63, 3.8) is 0 Å². The minimum atomic E-state index is -0.647. The predicted octanol–water partition coefficient (Wildman–Crippen LogP) is 2.59. The van der Waals surface area contributed by atoms with E-state index in [-0.39, 0.29) is 11.6 Å². The molecule has 10 nitrogen and oxygen atoms in total. The van der Waals surface area contributed by atoms with Crippen LogP contribution in [0.15, 0.2) is 55.0 Å². The average molecular weight is 365 g/mol. The first-order chi connectivity index (χ1) is 13.0. The fourth-order valence-corrected chi connectivity index (χ4v) is 2.19. The highest BCUT2D eigenvalue weighted by atomic mass is 16.6. The molecule has 0 spiro atoms. The number of benzene rings is 1. The fraction of sp³-hybridized carbons (Fsp3) is 0.0588. The maximum atomic E-state index is 12.2. The number of carbonyl (C=O) groups is 1. The zero-order valence-corrected chi connectivity index (χ0v) is 14.2. The van der Waals surface area contributed by atoms with E-state index >= 15 is 0 Å². The monoisotopic (exact) mass is 365 g/mol. The maximum Gasteiger partial charge on any atom is 0.355 e. The Morgan fingerprint density at radius 1 is 1.04 bits per heavy atom. The molecule has 3 aromatic rings. The summed E-state index contributed by atoms with van der Waals surface area (Å²) >= 11 is 0. The first-order valence-corrected chi connectivity index (χ1v) is 7.85. The molecule has 27 heavy (non-hydrogen) atoms. The van der Waals surface area contributed by atoms with Gasteiger partial charge < -0.3 is 5.32 Å². The van der Waals surface area contributed by atoms with Crippen LogP contribution in [0.2, 0.25) is 0 Å². The van der Waals surface area contributed by atoms with Crippen LogP contribution in [0.1, 0.15) is 15.9 Å². The highest BCUT2D eigenvalue weighted by Gasteiger charge is 2.24. The number of pyridine rings is 1. The number of anilines is 3. The van der Waals surface area contributed by atoms with E-state index in [0.29, 0.717) is 11.4 Å². The van der Waals surface area contributed by atoms with Crippen LogP contribution in [0.5, 0.6) is 0 Å². The summed E-state index contributed by atoms with van der Waals surface area (Å²) in [6.07, 6.45) is 2.68. The number of amides is 1. The quantitative estimate of drug-likeness (QED) is 0.448. The Kier molecular flexibility index (Phi) is 5.17. The second kappa shape index (κ2) is 7.87. The molecule has 3 N–H and O–H groups in total. The summed E-state index contributed by atoms with van der Waals surface area (Å²) in [5.41, 5.74) is 5.86. The summed E-state index contributed by atoms with van der Waals surface area (Å²) < 4.78 is 0. The van der Waals surface area contributed by atoms with Crippen molar-refractivity contribution in [3.05, 3.63) is 76.2 Å². The van der Waals surface area contributed by atoms with Crippen molar-refractivity contribution < 1.29 is 9.72 Å². The molecule has 0 fully saturated rings. The molecule has 136 valence electrons. The summed E-state index contributed by atoms with van der Waals surface area (Å²) in [6.45, 7) is 1.90. The Labute approximate surface area is 153 Å². The Morgan fingerprint density at radius 2 is 1.78 bits per heavy atom. The number of carbonyl (C=O) groups excluding carboxylic acids is 1. The van der Waals surface area contributed by atoms with Gasteiger partial charge in [-0.25, -0.2) is 15.0 Å². The molecule has 0 saturated carbocycles. The molecule has 0 radical (unpaired) electrons. The maximum absolute atomic E-state index is 12.2. The Balaban J connectivity index is 1.80. The van der Waals surface area contributed by atoms with Crippen molar-refractivity contribution in [2.24, 2.45) is 0 Å². The van der Waals surface area contributed by atoms with Gasteiger partial charge in [-0.1, -0.05) is 23.8 Å². The molecule has 2 heterocycles. The number of nitrogens with one attached hydrogen (secondary N) is 3. The van der Waals surface area contributed by atoms with Crippen molar-refractivity contribution >= 4 is 29.0 Å². The third-order valence-corrected chi connectivity index (χ3v) is 3.52. The van der Waals surface area contributed by atoms with Crippen molar-refractivity contribution in [2.45, 2.75) is 6.92 Å². The van der Waals surface area contributed by atoms with Crippen LogP contribution in [0, 0.1) is 17.0 Å². The average Bonchev–Trinajstić information content (AvgIpc) is 2.67. The summed E-state index contributed by atoms with van der Waals surface area (Å²) in [5.74, 6) is -0.286. The van der Waals surface area contributed by atoms with Gasteiger partial charge in [-0.3, -0.25) is 25.8 Å². The van der Waals surface area contributed by atoms with Crippen LogP contribution >= 0.6 is 0 Å². The van der Waals surface area contributed by atoms with Gasteiger partial charge in [-0.2, -0.15) is 0 Å². The number of hydrogen-bond donors (Lipinski definition) is 3. The van der Waals surface area contributed by atoms with Crippen molar-refractivity contribution in [2.75, 3.05) is 10.7 Å². The van der Waals surface area contributed by atoms with Gasteiger partial charge in [-0.05, 0) is 31.2 Å². The standard InChI is InChI=1S/C17H15N7O3/c1-11-5-7-12(8-6-11)17(25)23-22-16-14(24(26)27)15(19-10-20-16)21-13-4-2-3-9-18-13/h2-10H,1H3,(H,23,25)(H2,18,19,20,21,22). The molecule has 0 unspecified atom stereocenters. The number of aromatic nitrogens is 3. The highest BCUT2D eigenvalue weighted by Crippen LogP contribution is 2.30. The number of hydrogen-bond acceptors (Lipinski definition) is 8. The molecule has 2 aromatic heterocycles. The van der Waals surface area contributed by atoms with Crippen molar-refractivity contribution in [3.8, 4) is 0 Å². The summed E-state index contributed by atoms with van der Waals surface area (Å²) in [5, 5.41) is 14.3. The van der Waals surface area contributed by atoms with Crippen molar-refractivity contribution in [1.29, 1.82) is 0 Å². The minimum Gasteiger partial charge on any atom is -0.319 e. The van der Waals surface area contributed by atoms with Gasteiger partial charge in [0.15, 0.2) is 0 Å². The van der Waals surface area contributed by atoms with Gasteiger partial charge in [-0.15, -0.1) is 0 Å². The van der Waals surface area contributed by atoms with E-state index in [0.717, 1.165) is 11.9 Å². The lowest BCUT2D eigenvalue weighted by atomic mass is 10.1. The van der Waals surface area contributed by atoms with Crippen LogP contribution in [0.25, 0.3) is 0 Å². The molecular formula is C17H15N7O3. The Bertz CT molecular complexity index is 962. The van der Waals surface area contributed by atoms with E-state index in [4.69, 9.17) is 0 Å². The van der Waals surface area contributed by atoms with Gasteiger partial charge in [0.2, 0.25) is 11.6 Å². The molecule has 0 aliphatic rings. The largest absolute Gasteiger partial charge is 0.355 e. The van der Waals surface area contributed by atoms with E-state index in [1.165, 1.54) is 6.20 Å².